The van der Waals surface area contributed by atoms with Crippen LogP contribution in [0.25, 0.3) is 0 Å². The first-order valence-corrected chi connectivity index (χ1v) is 10.2. The largest absolute Gasteiger partial charge is 0.497 e. The van der Waals surface area contributed by atoms with Crippen LogP contribution in [-0.4, -0.2) is 49.1 Å². The van der Waals surface area contributed by atoms with Crippen molar-refractivity contribution < 1.29 is 19.1 Å². The highest BCUT2D eigenvalue weighted by molar-refractivity contribution is 6.05. The molecule has 1 aromatic heterocycles. The molecule has 1 fully saturated rings. The molecule has 1 atom stereocenters. The molecule has 0 spiro atoms. The number of amides is 2. The second kappa shape index (κ2) is 8.66. The van der Waals surface area contributed by atoms with E-state index in [1.54, 1.807) is 18.2 Å². The number of nitrogens with one attached hydrogen (secondary N) is 3. The minimum absolute atomic E-state index is 0.141. The summed E-state index contributed by atoms with van der Waals surface area (Å²) in [5, 5.41) is 5.41. The maximum absolute atomic E-state index is 13.1. The molecule has 10 nitrogen and oxygen atoms in total. The normalized spacial score (nSPS) is 18.1. The summed E-state index contributed by atoms with van der Waals surface area (Å²) in [5.41, 5.74) is 0.146. The van der Waals surface area contributed by atoms with Gasteiger partial charge in [0, 0.05) is 25.6 Å². The standard InChI is InChI=1S/C21H25N5O5/c1-30-12-6-7-14(15(10-12)31-2)22-19(28)13-11-16(27)23-18-17(13)20(29)25-21(24-18)26-8-4-3-5-9-26/h6-7,10,13H,3-5,8-9,11H2,1-2H3,(H,22,28)(H2,23,24,25,27,29)/t13-/m0/s1. The summed E-state index contributed by atoms with van der Waals surface area (Å²) in [5.74, 6) is -0.287. The van der Waals surface area contributed by atoms with Crippen LogP contribution in [0.1, 0.15) is 37.2 Å². The highest BCUT2D eigenvalue weighted by atomic mass is 16.5. The van der Waals surface area contributed by atoms with Crippen molar-refractivity contribution in [3.63, 3.8) is 0 Å². The van der Waals surface area contributed by atoms with Crippen molar-refractivity contribution >= 4 is 29.3 Å². The van der Waals surface area contributed by atoms with Crippen molar-refractivity contribution in [2.45, 2.75) is 31.6 Å². The minimum atomic E-state index is -0.970. The summed E-state index contributed by atoms with van der Waals surface area (Å²) < 4.78 is 10.5. The molecule has 2 aromatic rings. The molecule has 2 aliphatic heterocycles. The van der Waals surface area contributed by atoms with Crippen LogP contribution in [0.4, 0.5) is 17.5 Å². The first-order chi connectivity index (χ1) is 15.0. The number of methoxy groups -OCH3 is 2. The third kappa shape index (κ3) is 4.18. The smallest absolute Gasteiger partial charge is 0.258 e. The number of carbonyl (C=O) groups is 2. The molecule has 1 saturated heterocycles. The molecular formula is C21H25N5O5. The molecule has 0 aliphatic carbocycles. The van der Waals surface area contributed by atoms with E-state index in [1.807, 2.05) is 4.90 Å². The Hall–Kier alpha value is -3.56. The van der Waals surface area contributed by atoms with Gasteiger partial charge in [-0.2, -0.15) is 4.98 Å². The Morgan fingerprint density at radius 1 is 1.16 bits per heavy atom. The van der Waals surface area contributed by atoms with Gasteiger partial charge in [0.15, 0.2) is 0 Å². The van der Waals surface area contributed by atoms with Gasteiger partial charge in [-0.3, -0.25) is 19.4 Å². The zero-order valence-electron chi connectivity index (χ0n) is 17.5. The predicted octanol–water partition coefficient (Wildman–Crippen LogP) is 1.84. The molecule has 31 heavy (non-hydrogen) atoms. The summed E-state index contributed by atoms with van der Waals surface area (Å²) in [4.78, 5) is 47.5. The van der Waals surface area contributed by atoms with E-state index in [0.29, 0.717) is 23.1 Å². The maximum Gasteiger partial charge on any atom is 0.258 e. The second-order valence-corrected chi connectivity index (χ2v) is 7.56. The molecule has 164 valence electrons. The van der Waals surface area contributed by atoms with Gasteiger partial charge in [0.25, 0.3) is 5.56 Å². The summed E-state index contributed by atoms with van der Waals surface area (Å²) in [6.07, 6.45) is 3.02. The second-order valence-electron chi connectivity index (χ2n) is 7.56. The average molecular weight is 427 g/mol. The lowest BCUT2D eigenvalue weighted by atomic mass is 9.92. The molecule has 1 aromatic carbocycles. The number of nitrogens with zero attached hydrogens (tertiary/aromatic N) is 2. The Bertz CT molecular complexity index is 1060. The van der Waals surface area contributed by atoms with E-state index in [1.165, 1.54) is 14.2 Å². The molecule has 0 bridgehead atoms. The van der Waals surface area contributed by atoms with E-state index in [4.69, 9.17) is 9.47 Å². The van der Waals surface area contributed by atoms with Gasteiger partial charge in [-0.15, -0.1) is 0 Å². The van der Waals surface area contributed by atoms with Gasteiger partial charge < -0.3 is 25.0 Å². The SMILES string of the molecule is COc1ccc(NC(=O)[C@H]2CC(=O)Nc3nc(N4CCCCC4)[nH]c(=O)c32)c(OC)c1. The highest BCUT2D eigenvalue weighted by Crippen LogP contribution is 2.33. The first-order valence-electron chi connectivity index (χ1n) is 10.2. The summed E-state index contributed by atoms with van der Waals surface area (Å²) in [6.45, 7) is 1.58. The van der Waals surface area contributed by atoms with E-state index in [-0.39, 0.29) is 23.7 Å². The van der Waals surface area contributed by atoms with Crippen LogP contribution in [0.5, 0.6) is 11.5 Å². The zero-order chi connectivity index (χ0) is 22.0. The Kier molecular flexibility index (Phi) is 5.79. The number of aromatic nitrogens is 2. The van der Waals surface area contributed by atoms with Crippen molar-refractivity contribution in [2.24, 2.45) is 0 Å². The summed E-state index contributed by atoms with van der Waals surface area (Å²) in [7, 11) is 3.01. The van der Waals surface area contributed by atoms with Crippen LogP contribution in [0, 0.1) is 0 Å². The number of fused-ring (bicyclic) bond motifs is 1. The lowest BCUT2D eigenvalue weighted by molar-refractivity contribution is -0.123. The zero-order valence-corrected chi connectivity index (χ0v) is 17.5. The quantitative estimate of drug-likeness (QED) is 0.665. The Morgan fingerprint density at radius 2 is 1.94 bits per heavy atom. The molecule has 0 saturated carbocycles. The Morgan fingerprint density at radius 3 is 2.65 bits per heavy atom. The fourth-order valence-corrected chi connectivity index (χ4v) is 3.96. The van der Waals surface area contributed by atoms with E-state index in [0.717, 1.165) is 32.4 Å². The topological polar surface area (TPSA) is 126 Å². The van der Waals surface area contributed by atoms with Gasteiger partial charge in [-0.05, 0) is 31.4 Å². The van der Waals surface area contributed by atoms with Crippen molar-refractivity contribution in [3.8, 4) is 11.5 Å². The molecule has 3 N–H and O–H groups in total. The number of carbonyl (C=O) groups excluding carboxylic acids is 2. The van der Waals surface area contributed by atoms with Gasteiger partial charge in [0.05, 0.1) is 31.4 Å². The third-order valence-electron chi connectivity index (χ3n) is 5.58. The summed E-state index contributed by atoms with van der Waals surface area (Å²) >= 11 is 0. The number of piperidine rings is 1. The van der Waals surface area contributed by atoms with Crippen molar-refractivity contribution in [1.29, 1.82) is 0 Å². The number of ether oxygens (including phenoxy) is 2. The summed E-state index contributed by atoms with van der Waals surface area (Å²) in [6, 6.07) is 4.95. The predicted molar refractivity (Wildman–Crippen MR) is 115 cm³/mol. The molecule has 0 radical (unpaired) electrons. The molecule has 4 rings (SSSR count). The number of hydrogen-bond acceptors (Lipinski definition) is 7. The van der Waals surface area contributed by atoms with Gasteiger partial charge in [0.1, 0.15) is 17.3 Å². The van der Waals surface area contributed by atoms with Gasteiger partial charge in [-0.25, -0.2) is 0 Å². The van der Waals surface area contributed by atoms with E-state index in [9.17, 15) is 14.4 Å². The van der Waals surface area contributed by atoms with Crippen molar-refractivity contribution in [1.82, 2.24) is 9.97 Å². The minimum Gasteiger partial charge on any atom is -0.497 e. The van der Waals surface area contributed by atoms with E-state index in [2.05, 4.69) is 20.6 Å². The van der Waals surface area contributed by atoms with Gasteiger partial charge in [0.2, 0.25) is 17.8 Å². The van der Waals surface area contributed by atoms with Crippen molar-refractivity contribution in [2.75, 3.05) is 42.8 Å². The monoisotopic (exact) mass is 427 g/mol. The number of aromatic amines is 1. The van der Waals surface area contributed by atoms with E-state index < -0.39 is 17.4 Å². The number of H-pyrrole nitrogens is 1. The third-order valence-corrected chi connectivity index (χ3v) is 5.58. The first kappa shape index (κ1) is 20.7. The molecule has 2 amide bonds. The molecule has 2 aliphatic rings. The fraction of sp³-hybridized carbons (Fsp3) is 0.429. The van der Waals surface area contributed by atoms with Crippen molar-refractivity contribution in [3.05, 3.63) is 34.1 Å². The van der Waals surface area contributed by atoms with Crippen LogP contribution >= 0.6 is 0 Å². The highest BCUT2D eigenvalue weighted by Gasteiger charge is 2.35. The van der Waals surface area contributed by atoms with Crippen LogP contribution in [0.3, 0.4) is 0 Å². The number of rotatable bonds is 5. The Labute approximate surface area is 179 Å². The Balaban J connectivity index is 1.64. The van der Waals surface area contributed by atoms with Gasteiger partial charge in [-0.1, -0.05) is 0 Å². The van der Waals surface area contributed by atoms with Crippen LogP contribution in [-0.2, 0) is 9.59 Å². The maximum atomic E-state index is 13.1. The fourth-order valence-electron chi connectivity index (χ4n) is 3.96. The lowest BCUT2D eigenvalue weighted by Gasteiger charge is -2.29. The van der Waals surface area contributed by atoms with Crippen LogP contribution in [0.15, 0.2) is 23.0 Å². The number of benzene rings is 1. The average Bonchev–Trinajstić information content (AvgIpc) is 2.78. The molecule has 10 heteroatoms. The molecule has 3 heterocycles. The lowest BCUT2D eigenvalue weighted by Crippen LogP contribution is -2.38. The van der Waals surface area contributed by atoms with E-state index >= 15 is 0 Å². The van der Waals surface area contributed by atoms with Crippen LogP contribution in [0.2, 0.25) is 0 Å². The molecule has 0 unspecified atom stereocenters. The number of anilines is 3. The number of hydrogen-bond donors (Lipinski definition) is 3. The molecular weight excluding hydrogens is 402 g/mol. The van der Waals surface area contributed by atoms with Crippen LogP contribution < -0.4 is 30.6 Å². The van der Waals surface area contributed by atoms with Gasteiger partial charge >= 0.3 is 0 Å².